The van der Waals surface area contributed by atoms with Crippen molar-refractivity contribution in [3.8, 4) is 0 Å². The van der Waals surface area contributed by atoms with Crippen molar-refractivity contribution < 1.29 is 9.53 Å². The van der Waals surface area contributed by atoms with Crippen LogP contribution in [0.5, 0.6) is 0 Å². The maximum absolute atomic E-state index is 12.6. The number of hydrogen-bond donors (Lipinski definition) is 1. The summed E-state index contributed by atoms with van der Waals surface area (Å²) in [4.78, 5) is 17.0. The van der Waals surface area contributed by atoms with Gasteiger partial charge in [0.05, 0.1) is 5.92 Å². The Morgan fingerprint density at radius 2 is 1.97 bits per heavy atom. The zero-order chi connectivity index (χ0) is 22.6. The molecule has 0 amide bonds. The van der Waals surface area contributed by atoms with Gasteiger partial charge in [-0.25, -0.2) is 0 Å². The van der Waals surface area contributed by atoms with Crippen LogP contribution in [0.3, 0.4) is 0 Å². The second-order valence-corrected chi connectivity index (χ2v) is 11.8. The van der Waals surface area contributed by atoms with Gasteiger partial charge in [0.25, 0.3) is 0 Å². The molecule has 1 aromatic rings. The van der Waals surface area contributed by atoms with Crippen molar-refractivity contribution in [2.45, 2.75) is 71.3 Å². The van der Waals surface area contributed by atoms with E-state index in [1.165, 1.54) is 36.8 Å². The first-order chi connectivity index (χ1) is 16.0. The lowest BCUT2D eigenvalue weighted by molar-refractivity contribution is -0.155. The molecule has 1 N–H and O–H groups in total. The van der Waals surface area contributed by atoms with Crippen LogP contribution in [0.15, 0.2) is 42.3 Å². The fraction of sp³-hybridized carbons (Fsp3) is 0.655. The molecule has 176 valence electrons. The third kappa shape index (κ3) is 3.43. The molecule has 0 spiro atoms. The number of nitrogens with zero attached hydrogens (tertiary/aromatic N) is 1. The molecule has 5 aliphatic rings. The van der Waals surface area contributed by atoms with E-state index in [1.807, 2.05) is 6.20 Å². The summed E-state index contributed by atoms with van der Waals surface area (Å²) in [6.07, 6.45) is 18.1. The molecule has 4 nitrogen and oxygen atoms in total. The Morgan fingerprint density at radius 3 is 2.76 bits per heavy atom. The first-order valence-electron chi connectivity index (χ1n) is 13.2. The van der Waals surface area contributed by atoms with Gasteiger partial charge in [-0.1, -0.05) is 37.6 Å². The summed E-state index contributed by atoms with van der Waals surface area (Å²) >= 11 is 0. The molecule has 7 atom stereocenters. The van der Waals surface area contributed by atoms with Crippen molar-refractivity contribution in [3.63, 3.8) is 0 Å². The normalized spacial score (nSPS) is 41.9. The standard InChI is InChI=1S/C29H38N2O2/c1-28-12-9-22(33-27(32)20-11-15-31-18-20)16-21(28)5-6-23-25-8-7-24(19-4-3-14-30-17-19)29(25,2)13-10-26(23)28/h3-5,7,14,17,20,22-23,25-26,31H,6,8-13,15-16,18H2,1-2H3/t20-,22-,23-,25-,26-,28-,29+/m0/s1. The van der Waals surface area contributed by atoms with E-state index in [-0.39, 0.29) is 28.8 Å². The Balaban J connectivity index is 1.19. The molecule has 1 aliphatic heterocycles. The molecule has 2 saturated carbocycles. The summed E-state index contributed by atoms with van der Waals surface area (Å²) in [6, 6.07) is 4.31. The third-order valence-corrected chi connectivity index (χ3v) is 10.3. The van der Waals surface area contributed by atoms with Crippen molar-refractivity contribution in [3.05, 3.63) is 47.8 Å². The van der Waals surface area contributed by atoms with Gasteiger partial charge in [0.15, 0.2) is 0 Å². The number of hydrogen-bond acceptors (Lipinski definition) is 4. The van der Waals surface area contributed by atoms with Gasteiger partial charge in [0, 0.05) is 25.4 Å². The number of aromatic nitrogens is 1. The molecule has 4 aliphatic carbocycles. The zero-order valence-electron chi connectivity index (χ0n) is 20.2. The quantitative estimate of drug-likeness (QED) is 0.488. The van der Waals surface area contributed by atoms with E-state index in [1.54, 1.807) is 5.57 Å². The summed E-state index contributed by atoms with van der Waals surface area (Å²) in [6.45, 7) is 6.77. The number of fused-ring (bicyclic) bond motifs is 5. The zero-order valence-corrected chi connectivity index (χ0v) is 20.2. The van der Waals surface area contributed by atoms with E-state index in [0.717, 1.165) is 56.5 Å². The summed E-state index contributed by atoms with van der Waals surface area (Å²) in [5, 5.41) is 3.29. The Labute approximate surface area is 198 Å². The molecule has 1 aromatic heterocycles. The Bertz CT molecular complexity index is 979. The molecule has 0 radical (unpaired) electrons. The molecule has 0 bridgehead atoms. The number of allylic oxidation sites excluding steroid dienone is 3. The minimum absolute atomic E-state index is 0.0243. The first kappa shape index (κ1) is 21.6. The summed E-state index contributed by atoms with van der Waals surface area (Å²) in [5.74, 6) is 2.32. The van der Waals surface area contributed by atoms with Gasteiger partial charge in [-0.3, -0.25) is 9.78 Å². The summed E-state index contributed by atoms with van der Waals surface area (Å²) < 4.78 is 6.02. The average Bonchev–Trinajstić information content (AvgIpc) is 3.48. The van der Waals surface area contributed by atoms with Gasteiger partial charge in [0.2, 0.25) is 0 Å². The number of nitrogens with one attached hydrogen (secondary N) is 1. The molecular formula is C29H38N2O2. The minimum Gasteiger partial charge on any atom is -0.462 e. The highest BCUT2D eigenvalue weighted by Crippen LogP contribution is 2.66. The van der Waals surface area contributed by atoms with Crippen molar-refractivity contribution in [2.75, 3.05) is 13.1 Å². The van der Waals surface area contributed by atoms with Gasteiger partial charge in [-0.2, -0.15) is 0 Å². The van der Waals surface area contributed by atoms with Crippen LogP contribution in [0.1, 0.15) is 70.8 Å². The van der Waals surface area contributed by atoms with Crippen molar-refractivity contribution in [1.82, 2.24) is 10.3 Å². The Morgan fingerprint density at radius 1 is 1.09 bits per heavy atom. The molecule has 4 heteroatoms. The van der Waals surface area contributed by atoms with Crippen LogP contribution in [0.4, 0.5) is 0 Å². The fourth-order valence-electron chi connectivity index (χ4n) is 8.38. The Hall–Kier alpha value is -1.94. The van der Waals surface area contributed by atoms with Gasteiger partial charge >= 0.3 is 5.97 Å². The Kier molecular flexibility index (Phi) is 5.28. The van der Waals surface area contributed by atoms with E-state index in [4.69, 9.17) is 4.74 Å². The number of carbonyl (C=O) groups is 1. The summed E-state index contributed by atoms with van der Waals surface area (Å²) in [7, 11) is 0. The molecule has 6 rings (SSSR count). The van der Waals surface area contributed by atoms with Crippen LogP contribution >= 0.6 is 0 Å². The number of pyridine rings is 1. The average molecular weight is 447 g/mol. The second-order valence-electron chi connectivity index (χ2n) is 11.8. The van der Waals surface area contributed by atoms with Crippen LogP contribution in [0.2, 0.25) is 0 Å². The van der Waals surface area contributed by atoms with E-state index in [0.29, 0.717) is 0 Å². The number of esters is 1. The van der Waals surface area contributed by atoms with Crippen molar-refractivity contribution in [2.24, 2.45) is 34.5 Å². The van der Waals surface area contributed by atoms with E-state index in [9.17, 15) is 4.79 Å². The molecule has 3 fully saturated rings. The van der Waals surface area contributed by atoms with Gasteiger partial charge in [-0.15, -0.1) is 0 Å². The lowest BCUT2D eigenvalue weighted by Crippen LogP contribution is -2.50. The SMILES string of the molecule is C[C@]12CC[C@H](OC(=O)[C@H]3CCNC3)CC1=CC[C@@H]1[C@@H]2CC[C@]2(C)C(c3cccnc3)=CC[C@@H]12. The lowest BCUT2D eigenvalue weighted by atomic mass is 9.47. The largest absolute Gasteiger partial charge is 0.462 e. The van der Waals surface area contributed by atoms with Gasteiger partial charge in [-0.05, 0) is 97.3 Å². The number of carbonyl (C=O) groups excluding carboxylic acids is 1. The lowest BCUT2D eigenvalue weighted by Gasteiger charge is -2.57. The van der Waals surface area contributed by atoms with Crippen molar-refractivity contribution in [1.29, 1.82) is 0 Å². The van der Waals surface area contributed by atoms with Crippen molar-refractivity contribution >= 4 is 11.5 Å². The van der Waals surface area contributed by atoms with E-state index < -0.39 is 0 Å². The fourth-order valence-corrected chi connectivity index (χ4v) is 8.38. The van der Waals surface area contributed by atoms with Crippen LogP contribution in [-0.2, 0) is 9.53 Å². The second kappa shape index (κ2) is 8.08. The molecular weight excluding hydrogens is 408 g/mol. The smallest absolute Gasteiger partial charge is 0.310 e. The van der Waals surface area contributed by atoms with Crippen LogP contribution in [0, 0.1) is 34.5 Å². The number of ether oxygens (including phenoxy) is 1. The molecule has 2 heterocycles. The number of rotatable bonds is 3. The molecule has 1 saturated heterocycles. The maximum Gasteiger partial charge on any atom is 0.310 e. The third-order valence-electron chi connectivity index (χ3n) is 10.3. The van der Waals surface area contributed by atoms with E-state index >= 15 is 0 Å². The highest BCUT2D eigenvalue weighted by molar-refractivity contribution is 5.73. The van der Waals surface area contributed by atoms with Crippen LogP contribution in [0.25, 0.3) is 5.57 Å². The van der Waals surface area contributed by atoms with Gasteiger partial charge < -0.3 is 10.1 Å². The monoisotopic (exact) mass is 446 g/mol. The molecule has 33 heavy (non-hydrogen) atoms. The maximum atomic E-state index is 12.6. The van der Waals surface area contributed by atoms with E-state index in [2.05, 4.69) is 54.6 Å². The highest BCUT2D eigenvalue weighted by atomic mass is 16.5. The predicted octanol–water partition coefficient (Wildman–Crippen LogP) is 5.56. The minimum atomic E-state index is 0.0243. The first-order valence-corrected chi connectivity index (χ1v) is 13.2. The molecule has 0 aromatic carbocycles. The van der Waals surface area contributed by atoms with Gasteiger partial charge in [0.1, 0.15) is 6.10 Å². The predicted molar refractivity (Wildman–Crippen MR) is 130 cm³/mol. The molecule has 0 unspecified atom stereocenters. The van der Waals surface area contributed by atoms with Crippen LogP contribution in [-0.4, -0.2) is 30.1 Å². The summed E-state index contributed by atoms with van der Waals surface area (Å²) in [5.41, 5.74) is 4.99. The topological polar surface area (TPSA) is 51.2 Å². The highest BCUT2D eigenvalue weighted by Gasteiger charge is 2.57. The van der Waals surface area contributed by atoms with Crippen LogP contribution < -0.4 is 5.32 Å².